The molecular weight excluding hydrogens is 346 g/mol. The Morgan fingerprint density at radius 3 is 2.50 bits per heavy atom. The third-order valence-corrected chi connectivity index (χ3v) is 5.39. The van der Waals surface area contributed by atoms with Crippen LogP contribution in [-0.4, -0.2) is 41.6 Å². The Morgan fingerprint density at radius 1 is 1.00 bits per heavy atom. The van der Waals surface area contributed by atoms with Crippen LogP contribution in [0.15, 0.2) is 48.5 Å². The van der Waals surface area contributed by atoms with Gasteiger partial charge >= 0.3 is 0 Å². The lowest BCUT2D eigenvalue weighted by atomic mass is 10.2. The Balaban J connectivity index is 1.51. The Hall–Kier alpha value is -2.46. The van der Waals surface area contributed by atoms with E-state index in [0.717, 1.165) is 40.4 Å². The van der Waals surface area contributed by atoms with E-state index in [1.165, 1.54) is 5.56 Å². The zero-order valence-corrected chi connectivity index (χ0v) is 15.8. The summed E-state index contributed by atoms with van der Waals surface area (Å²) in [7, 11) is 1.97. The normalized spacial score (nSPS) is 14.9. The van der Waals surface area contributed by atoms with E-state index in [1.54, 1.807) is 0 Å². The van der Waals surface area contributed by atoms with Gasteiger partial charge in [0.15, 0.2) is 0 Å². The fraction of sp³-hybridized carbons (Fsp3) is 0.286. The Labute approximate surface area is 158 Å². The molecule has 2 aromatic carbocycles. The maximum absolute atomic E-state index is 13.0. The van der Waals surface area contributed by atoms with E-state index in [4.69, 9.17) is 11.6 Å². The fourth-order valence-corrected chi connectivity index (χ4v) is 3.86. The number of aromatic nitrogens is 1. The molecular formula is C21H22ClN3O. The predicted molar refractivity (Wildman–Crippen MR) is 107 cm³/mol. The molecule has 4 rings (SSSR count). The minimum absolute atomic E-state index is 0.104. The van der Waals surface area contributed by atoms with Crippen LogP contribution in [-0.2, 0) is 7.05 Å². The Morgan fingerprint density at radius 2 is 1.77 bits per heavy atom. The molecule has 2 heterocycles. The average molecular weight is 368 g/mol. The van der Waals surface area contributed by atoms with E-state index < -0.39 is 0 Å². The molecule has 26 heavy (non-hydrogen) atoms. The number of hydrogen-bond donors (Lipinski definition) is 0. The summed E-state index contributed by atoms with van der Waals surface area (Å²) in [6.07, 6.45) is 0. The van der Waals surface area contributed by atoms with Crippen molar-refractivity contribution in [2.75, 3.05) is 31.1 Å². The summed E-state index contributed by atoms with van der Waals surface area (Å²) in [6, 6.07) is 16.2. The predicted octanol–water partition coefficient (Wildman–Crippen LogP) is 4.10. The van der Waals surface area contributed by atoms with Crippen molar-refractivity contribution in [3.8, 4) is 0 Å². The second kappa shape index (κ2) is 6.69. The van der Waals surface area contributed by atoms with Crippen molar-refractivity contribution in [3.05, 3.63) is 64.8 Å². The lowest BCUT2D eigenvalue weighted by molar-refractivity contribution is 0.0737. The van der Waals surface area contributed by atoms with Crippen molar-refractivity contribution >= 4 is 34.1 Å². The van der Waals surface area contributed by atoms with Crippen LogP contribution in [0.4, 0.5) is 5.69 Å². The molecule has 0 radical (unpaired) electrons. The topological polar surface area (TPSA) is 28.5 Å². The summed E-state index contributed by atoms with van der Waals surface area (Å²) < 4.78 is 2.00. The minimum Gasteiger partial charge on any atom is -0.368 e. The molecule has 0 spiro atoms. The monoisotopic (exact) mass is 367 g/mol. The second-order valence-electron chi connectivity index (χ2n) is 6.91. The van der Waals surface area contributed by atoms with Crippen molar-refractivity contribution < 1.29 is 4.79 Å². The van der Waals surface area contributed by atoms with Crippen LogP contribution in [0.3, 0.4) is 0 Å². The third-order valence-electron chi connectivity index (χ3n) is 5.16. The van der Waals surface area contributed by atoms with E-state index >= 15 is 0 Å². The van der Waals surface area contributed by atoms with Crippen molar-refractivity contribution in [3.63, 3.8) is 0 Å². The van der Waals surface area contributed by atoms with Gasteiger partial charge in [0.25, 0.3) is 5.91 Å². The van der Waals surface area contributed by atoms with Crippen LogP contribution in [0.25, 0.3) is 10.9 Å². The van der Waals surface area contributed by atoms with Gasteiger partial charge in [-0.25, -0.2) is 0 Å². The molecule has 0 unspecified atom stereocenters. The fourth-order valence-electron chi connectivity index (χ4n) is 3.68. The Kier molecular flexibility index (Phi) is 4.37. The van der Waals surface area contributed by atoms with Crippen LogP contribution in [0.5, 0.6) is 0 Å². The maximum Gasteiger partial charge on any atom is 0.270 e. The molecule has 0 bridgehead atoms. The van der Waals surface area contributed by atoms with Gasteiger partial charge in [0.05, 0.1) is 0 Å². The summed E-state index contributed by atoms with van der Waals surface area (Å²) >= 11 is 6.10. The number of piperazine rings is 1. The first-order valence-corrected chi connectivity index (χ1v) is 9.26. The lowest BCUT2D eigenvalue weighted by Crippen LogP contribution is -2.49. The molecule has 1 aliphatic heterocycles. The van der Waals surface area contributed by atoms with Crippen molar-refractivity contribution in [1.82, 2.24) is 9.47 Å². The van der Waals surface area contributed by atoms with E-state index in [2.05, 4.69) is 36.1 Å². The zero-order chi connectivity index (χ0) is 18.3. The number of anilines is 1. The molecule has 3 aromatic rings. The smallest absolute Gasteiger partial charge is 0.270 e. The number of aryl methyl sites for hydroxylation is 2. The first-order valence-electron chi connectivity index (χ1n) is 8.89. The molecule has 1 aliphatic rings. The number of carbonyl (C=O) groups excluding carboxylic acids is 1. The summed E-state index contributed by atoms with van der Waals surface area (Å²) in [5.74, 6) is 0.104. The van der Waals surface area contributed by atoms with Crippen molar-refractivity contribution in [2.45, 2.75) is 6.92 Å². The van der Waals surface area contributed by atoms with Gasteiger partial charge in [-0.15, -0.1) is 0 Å². The maximum atomic E-state index is 13.0. The number of carbonyl (C=O) groups is 1. The first-order chi connectivity index (χ1) is 12.5. The van der Waals surface area contributed by atoms with Crippen molar-refractivity contribution in [1.29, 1.82) is 0 Å². The number of fused-ring (bicyclic) bond motifs is 1. The van der Waals surface area contributed by atoms with Crippen molar-refractivity contribution in [2.24, 2.45) is 7.05 Å². The van der Waals surface area contributed by atoms with Gasteiger partial charge in [-0.05, 0) is 43.3 Å². The molecule has 4 nitrogen and oxygen atoms in total. The molecule has 134 valence electrons. The van der Waals surface area contributed by atoms with Crippen LogP contribution in [0.2, 0.25) is 5.02 Å². The lowest BCUT2D eigenvalue weighted by Gasteiger charge is -2.36. The van der Waals surface area contributed by atoms with Gasteiger partial charge < -0.3 is 14.4 Å². The molecule has 5 heteroatoms. The van der Waals surface area contributed by atoms with E-state index in [9.17, 15) is 4.79 Å². The van der Waals surface area contributed by atoms with E-state index in [1.807, 2.05) is 40.8 Å². The highest BCUT2D eigenvalue weighted by Gasteiger charge is 2.24. The first kappa shape index (κ1) is 17.0. The molecule has 1 aromatic heterocycles. The zero-order valence-electron chi connectivity index (χ0n) is 15.1. The third kappa shape index (κ3) is 3.06. The SMILES string of the molecule is Cc1ccc2c(c1)cc(C(=O)N1CCN(c3cccc(Cl)c3)CC1)n2C. The van der Waals surface area contributed by atoms with Gasteiger partial charge in [-0.2, -0.15) is 0 Å². The molecule has 0 saturated carbocycles. The molecule has 0 aliphatic carbocycles. The van der Waals surface area contributed by atoms with Crippen LogP contribution < -0.4 is 4.90 Å². The van der Waals surface area contributed by atoms with E-state index in [-0.39, 0.29) is 5.91 Å². The van der Waals surface area contributed by atoms with Crippen LogP contribution in [0.1, 0.15) is 16.1 Å². The largest absolute Gasteiger partial charge is 0.368 e. The van der Waals surface area contributed by atoms with Gasteiger partial charge in [0.1, 0.15) is 5.69 Å². The highest BCUT2D eigenvalue weighted by atomic mass is 35.5. The van der Waals surface area contributed by atoms with Gasteiger partial charge in [-0.1, -0.05) is 29.3 Å². The molecule has 1 saturated heterocycles. The summed E-state index contributed by atoms with van der Waals surface area (Å²) in [5, 5.41) is 1.86. The molecule has 0 atom stereocenters. The quantitative estimate of drug-likeness (QED) is 0.682. The second-order valence-corrected chi connectivity index (χ2v) is 7.35. The summed E-state index contributed by atoms with van der Waals surface area (Å²) in [6.45, 7) is 5.13. The molecule has 0 N–H and O–H groups in total. The van der Waals surface area contributed by atoms with Crippen LogP contribution >= 0.6 is 11.6 Å². The number of rotatable bonds is 2. The summed E-state index contributed by atoms with van der Waals surface area (Å²) in [5.41, 5.74) is 4.17. The highest BCUT2D eigenvalue weighted by Crippen LogP contribution is 2.24. The highest BCUT2D eigenvalue weighted by molar-refractivity contribution is 6.30. The summed E-state index contributed by atoms with van der Waals surface area (Å²) in [4.78, 5) is 17.3. The van der Waals surface area contributed by atoms with Gasteiger partial charge in [-0.3, -0.25) is 4.79 Å². The van der Waals surface area contributed by atoms with E-state index in [0.29, 0.717) is 13.1 Å². The number of amides is 1. The average Bonchev–Trinajstić information content (AvgIpc) is 2.97. The number of nitrogens with zero attached hydrogens (tertiary/aromatic N) is 3. The Bertz CT molecular complexity index is 971. The molecule has 1 fully saturated rings. The van der Waals surface area contributed by atoms with Crippen LogP contribution in [0, 0.1) is 6.92 Å². The van der Waals surface area contributed by atoms with Gasteiger partial charge in [0, 0.05) is 54.8 Å². The molecule has 1 amide bonds. The number of benzene rings is 2. The number of hydrogen-bond acceptors (Lipinski definition) is 2. The number of halogens is 1. The van der Waals surface area contributed by atoms with Gasteiger partial charge in [0.2, 0.25) is 0 Å². The standard InChI is InChI=1S/C21H22ClN3O/c1-15-6-7-19-16(12-15)13-20(23(19)2)21(26)25-10-8-24(9-11-25)18-5-3-4-17(22)14-18/h3-7,12-14H,8-11H2,1-2H3. The minimum atomic E-state index is 0.104.